The van der Waals surface area contributed by atoms with E-state index >= 15 is 0 Å². The molecule has 1 aliphatic rings. The second-order valence-corrected chi connectivity index (χ2v) is 7.43. The number of ether oxygens (including phenoxy) is 2. The first-order valence-corrected chi connectivity index (χ1v) is 7.86. The number of aliphatic hydroxyl groups excluding tert-OH is 1. The topological polar surface area (TPSA) is 76.1 Å². The van der Waals surface area contributed by atoms with E-state index in [9.17, 15) is 14.7 Å². The van der Waals surface area contributed by atoms with Crippen molar-refractivity contribution in [2.24, 2.45) is 11.8 Å². The largest absolute Gasteiger partial charge is 0.459 e. The number of esters is 1. The Labute approximate surface area is 132 Å². The summed E-state index contributed by atoms with van der Waals surface area (Å²) in [5.74, 6) is -0.519. The molecule has 1 amide bonds. The molecule has 0 aromatic heterocycles. The van der Waals surface area contributed by atoms with Crippen molar-refractivity contribution in [3.63, 3.8) is 0 Å². The third kappa shape index (κ3) is 5.16. The van der Waals surface area contributed by atoms with Gasteiger partial charge in [-0.15, -0.1) is 0 Å². The molecule has 0 bridgehead atoms. The molecule has 3 atom stereocenters. The van der Waals surface area contributed by atoms with Crippen LogP contribution >= 0.6 is 0 Å². The van der Waals surface area contributed by atoms with Gasteiger partial charge in [-0.3, -0.25) is 4.90 Å². The highest BCUT2D eigenvalue weighted by molar-refractivity contribution is 5.83. The first-order chi connectivity index (χ1) is 10.0. The summed E-state index contributed by atoms with van der Waals surface area (Å²) in [7, 11) is 0. The number of carbonyl (C=O) groups is 2. The van der Waals surface area contributed by atoms with Gasteiger partial charge >= 0.3 is 12.1 Å². The van der Waals surface area contributed by atoms with E-state index in [1.165, 1.54) is 4.90 Å². The molecule has 22 heavy (non-hydrogen) atoms. The van der Waals surface area contributed by atoms with Crippen molar-refractivity contribution in [3.05, 3.63) is 0 Å². The Morgan fingerprint density at radius 1 is 1.41 bits per heavy atom. The summed E-state index contributed by atoms with van der Waals surface area (Å²) in [4.78, 5) is 26.1. The predicted octanol–water partition coefficient (Wildman–Crippen LogP) is 2.19. The van der Waals surface area contributed by atoms with E-state index in [1.807, 2.05) is 13.8 Å². The molecule has 0 saturated carbocycles. The fourth-order valence-electron chi connectivity index (χ4n) is 2.53. The Morgan fingerprint density at radius 2 is 2.00 bits per heavy atom. The van der Waals surface area contributed by atoms with Gasteiger partial charge in [-0.2, -0.15) is 0 Å². The summed E-state index contributed by atoms with van der Waals surface area (Å²) >= 11 is 0. The summed E-state index contributed by atoms with van der Waals surface area (Å²) in [6, 6.07) is -0.803. The monoisotopic (exact) mass is 315 g/mol. The molecule has 1 N–H and O–H groups in total. The van der Waals surface area contributed by atoms with Gasteiger partial charge in [0.15, 0.2) is 0 Å². The van der Waals surface area contributed by atoms with Gasteiger partial charge in [-0.25, -0.2) is 9.59 Å². The van der Waals surface area contributed by atoms with E-state index in [-0.39, 0.29) is 12.7 Å². The molecule has 0 aromatic carbocycles. The number of nitrogens with zero attached hydrogens (tertiary/aromatic N) is 1. The quantitative estimate of drug-likeness (QED) is 0.805. The second kappa shape index (κ2) is 7.31. The highest BCUT2D eigenvalue weighted by atomic mass is 16.6. The zero-order chi connectivity index (χ0) is 17.1. The van der Waals surface area contributed by atoms with Crippen LogP contribution in [0.2, 0.25) is 0 Å². The molecule has 1 unspecified atom stereocenters. The highest BCUT2D eigenvalue weighted by Crippen LogP contribution is 2.25. The molecular weight excluding hydrogens is 286 g/mol. The lowest BCUT2D eigenvalue weighted by Gasteiger charge is -2.41. The van der Waals surface area contributed by atoms with Gasteiger partial charge in [0, 0.05) is 12.5 Å². The van der Waals surface area contributed by atoms with E-state index in [0.717, 1.165) is 0 Å². The Morgan fingerprint density at radius 3 is 2.45 bits per heavy atom. The summed E-state index contributed by atoms with van der Waals surface area (Å²) < 4.78 is 10.8. The van der Waals surface area contributed by atoms with Gasteiger partial charge in [0.05, 0.1) is 6.54 Å². The minimum atomic E-state index is -0.803. The SMILES string of the molecule is CC(C)C[C@H]1CN(C(=O)OC(C)(C)C)[C@H](C(C)CO)C(=O)O1. The second-order valence-electron chi connectivity index (χ2n) is 7.43. The maximum absolute atomic E-state index is 12.4. The normalized spacial score (nSPS) is 24.2. The molecule has 1 saturated heterocycles. The summed E-state index contributed by atoms with van der Waals surface area (Å²) in [6.45, 7) is 11.2. The summed E-state index contributed by atoms with van der Waals surface area (Å²) in [6.07, 6.45) is -0.184. The predicted molar refractivity (Wildman–Crippen MR) is 82.3 cm³/mol. The molecule has 1 aliphatic heterocycles. The molecule has 1 fully saturated rings. The van der Waals surface area contributed by atoms with Gasteiger partial charge in [0.1, 0.15) is 17.7 Å². The summed E-state index contributed by atoms with van der Waals surface area (Å²) in [5, 5.41) is 9.36. The number of hydrogen-bond donors (Lipinski definition) is 1. The molecule has 128 valence electrons. The average molecular weight is 315 g/mol. The number of rotatable bonds is 4. The molecule has 1 heterocycles. The zero-order valence-electron chi connectivity index (χ0n) is 14.5. The third-order valence-electron chi connectivity index (χ3n) is 3.45. The maximum atomic E-state index is 12.4. The van der Waals surface area contributed by atoms with Gasteiger partial charge in [0.2, 0.25) is 0 Å². The number of amides is 1. The standard InChI is InChI=1S/C16H29NO5/c1-10(2)7-12-8-17(15(20)22-16(4,5)6)13(11(3)9-18)14(19)21-12/h10-13,18H,7-9H2,1-6H3/t11?,12-,13+/m0/s1. The van der Waals surface area contributed by atoms with Crippen LogP contribution in [0.15, 0.2) is 0 Å². The smallest absolute Gasteiger partial charge is 0.411 e. The zero-order valence-corrected chi connectivity index (χ0v) is 14.5. The molecular formula is C16H29NO5. The Kier molecular flexibility index (Phi) is 6.23. The van der Waals surface area contributed by atoms with Crippen LogP contribution in [-0.4, -0.2) is 53.0 Å². The van der Waals surface area contributed by atoms with Crippen LogP contribution in [0, 0.1) is 11.8 Å². The Balaban J connectivity index is 2.96. The number of carbonyl (C=O) groups excluding carboxylic acids is 2. The lowest BCUT2D eigenvalue weighted by Crippen LogP contribution is -2.59. The number of hydrogen-bond acceptors (Lipinski definition) is 5. The lowest BCUT2D eigenvalue weighted by atomic mass is 9.97. The fraction of sp³-hybridized carbons (Fsp3) is 0.875. The highest BCUT2D eigenvalue weighted by Gasteiger charge is 2.43. The first kappa shape index (κ1) is 18.7. The number of cyclic esters (lactones) is 1. The van der Waals surface area contributed by atoms with Crippen LogP contribution < -0.4 is 0 Å². The van der Waals surface area contributed by atoms with E-state index in [4.69, 9.17) is 9.47 Å². The Hall–Kier alpha value is -1.30. The van der Waals surface area contributed by atoms with E-state index in [2.05, 4.69) is 0 Å². The molecule has 0 aromatic rings. The summed E-state index contributed by atoms with van der Waals surface area (Å²) in [5.41, 5.74) is -0.640. The third-order valence-corrected chi connectivity index (χ3v) is 3.45. The van der Waals surface area contributed by atoms with Crippen LogP contribution in [0.4, 0.5) is 4.79 Å². The van der Waals surface area contributed by atoms with Crippen molar-refractivity contribution in [1.82, 2.24) is 4.90 Å². The van der Waals surface area contributed by atoms with Crippen molar-refractivity contribution >= 4 is 12.1 Å². The van der Waals surface area contributed by atoms with Crippen LogP contribution in [0.5, 0.6) is 0 Å². The average Bonchev–Trinajstić information content (AvgIpc) is 2.34. The fourth-order valence-corrected chi connectivity index (χ4v) is 2.53. The number of morpholine rings is 1. The van der Waals surface area contributed by atoms with E-state index < -0.39 is 29.6 Å². The molecule has 0 aliphatic carbocycles. The molecule has 0 spiro atoms. The Bertz CT molecular complexity index is 402. The molecule has 6 nitrogen and oxygen atoms in total. The minimum absolute atomic E-state index is 0.200. The van der Waals surface area contributed by atoms with Gasteiger partial charge in [-0.1, -0.05) is 20.8 Å². The van der Waals surface area contributed by atoms with Gasteiger partial charge < -0.3 is 14.6 Å². The minimum Gasteiger partial charge on any atom is -0.459 e. The number of aliphatic hydroxyl groups is 1. The maximum Gasteiger partial charge on any atom is 0.411 e. The molecule has 1 rings (SSSR count). The van der Waals surface area contributed by atoms with Crippen molar-refractivity contribution < 1.29 is 24.2 Å². The van der Waals surface area contributed by atoms with E-state index in [0.29, 0.717) is 18.9 Å². The van der Waals surface area contributed by atoms with Crippen molar-refractivity contribution in [2.75, 3.05) is 13.2 Å². The van der Waals surface area contributed by atoms with Gasteiger partial charge in [-0.05, 0) is 33.1 Å². The van der Waals surface area contributed by atoms with Gasteiger partial charge in [0.25, 0.3) is 0 Å². The van der Waals surface area contributed by atoms with Crippen LogP contribution in [-0.2, 0) is 14.3 Å². The van der Waals surface area contributed by atoms with Crippen LogP contribution in [0.25, 0.3) is 0 Å². The molecule has 0 radical (unpaired) electrons. The van der Waals surface area contributed by atoms with Crippen molar-refractivity contribution in [3.8, 4) is 0 Å². The lowest BCUT2D eigenvalue weighted by molar-refractivity contribution is -0.170. The van der Waals surface area contributed by atoms with Crippen LogP contribution in [0.3, 0.4) is 0 Å². The van der Waals surface area contributed by atoms with Crippen molar-refractivity contribution in [2.45, 2.75) is 65.7 Å². The molecule has 6 heteroatoms. The van der Waals surface area contributed by atoms with Crippen LogP contribution in [0.1, 0.15) is 48.0 Å². The van der Waals surface area contributed by atoms with Crippen molar-refractivity contribution in [1.29, 1.82) is 0 Å². The first-order valence-electron chi connectivity index (χ1n) is 7.86. The van der Waals surface area contributed by atoms with E-state index in [1.54, 1.807) is 27.7 Å².